The molecular weight excluding hydrogens is 835 g/mol. The summed E-state index contributed by atoms with van der Waals surface area (Å²) in [6.07, 6.45) is 10.2. The Morgan fingerprint density at radius 1 is 0.597 bits per heavy atom. The van der Waals surface area contributed by atoms with Crippen molar-refractivity contribution in [3.63, 3.8) is 0 Å². The molecule has 9 amide bonds. The first-order valence-corrected chi connectivity index (χ1v) is 24.5. The molecule has 0 radical (unpaired) electrons. The number of fused-ring (bicyclic) bond motifs is 2. The first-order chi connectivity index (χ1) is 29.7. The number of carbonyl (C=O) groups is 7. The van der Waals surface area contributed by atoms with E-state index in [1.165, 1.54) is 18.2 Å². The number of ether oxygens (including phenoxy) is 1. The molecule has 62 heavy (non-hydrogen) atoms. The van der Waals surface area contributed by atoms with Crippen LogP contribution in [0, 0.1) is 0 Å². The van der Waals surface area contributed by atoms with Crippen molar-refractivity contribution in [2.24, 2.45) is 0 Å². The van der Waals surface area contributed by atoms with Gasteiger partial charge in [0.15, 0.2) is 0 Å². The van der Waals surface area contributed by atoms with Gasteiger partial charge in [-0.3, -0.25) is 24.5 Å². The van der Waals surface area contributed by atoms with Gasteiger partial charge in [0, 0.05) is 77.8 Å². The van der Waals surface area contributed by atoms with E-state index in [-0.39, 0.29) is 76.7 Å². The van der Waals surface area contributed by atoms with Crippen LogP contribution in [0.5, 0.6) is 0 Å². The van der Waals surface area contributed by atoms with Crippen LogP contribution in [0.25, 0.3) is 0 Å². The fraction of sp³-hybridized carbons (Fsp3) is 0.698. The van der Waals surface area contributed by atoms with Gasteiger partial charge in [0.1, 0.15) is 5.60 Å². The van der Waals surface area contributed by atoms with Crippen LogP contribution >= 0.6 is 23.5 Å². The van der Waals surface area contributed by atoms with Crippen molar-refractivity contribution in [3.05, 3.63) is 29.3 Å². The number of hydrogen-bond acceptors (Lipinski definition) is 10. The first kappa shape index (κ1) is 48.6. The minimum absolute atomic E-state index is 0.0303. The van der Waals surface area contributed by atoms with E-state index in [0.717, 1.165) is 75.7 Å². The van der Waals surface area contributed by atoms with E-state index in [1.807, 2.05) is 23.5 Å². The summed E-state index contributed by atoms with van der Waals surface area (Å²) < 4.78 is 5.38. The molecule has 4 aliphatic rings. The maximum atomic E-state index is 13.2. The molecular formula is C43H67N9O8S2. The quantitative estimate of drug-likeness (QED) is 0.0492. The summed E-state index contributed by atoms with van der Waals surface area (Å²) in [7, 11) is 0. The third kappa shape index (κ3) is 16.4. The Balaban J connectivity index is 0.932. The monoisotopic (exact) mass is 901 g/mol. The molecule has 19 heteroatoms. The van der Waals surface area contributed by atoms with E-state index < -0.39 is 11.7 Å². The van der Waals surface area contributed by atoms with Gasteiger partial charge in [-0.15, -0.1) is 0 Å². The molecule has 0 unspecified atom stereocenters. The molecule has 1 aromatic carbocycles. The van der Waals surface area contributed by atoms with Crippen molar-refractivity contribution in [2.75, 3.05) is 43.0 Å². The van der Waals surface area contributed by atoms with Crippen LogP contribution in [0.4, 0.5) is 20.1 Å². The molecule has 0 aliphatic carbocycles. The molecule has 0 spiro atoms. The number of rotatable bonds is 25. The first-order valence-electron chi connectivity index (χ1n) is 22.4. The average molecular weight is 902 g/mol. The average Bonchev–Trinajstić information content (AvgIpc) is 3.98. The molecule has 1 aromatic rings. The lowest BCUT2D eigenvalue weighted by Crippen LogP contribution is -2.36. The second kappa shape index (κ2) is 24.5. The number of nitrogens with one attached hydrogen (secondary N) is 9. The molecule has 0 aromatic heterocycles. The standard InChI is InChI=1S/C43H67N9O8S2/c1-43(2,3)60-42(59)48-29-23-27(38(55)46-20-12-4-10-18-44-34(53)16-8-6-14-32-36-30(25-61-32)49-40(57)51-36)22-28(24-29)39(56)47-21-13-5-11-19-45-35(54)17-9-7-15-33-37-31(26-62-33)50-41(58)52-37/h22-24,30-33,36-37H,4-21,25-26H2,1-3H3,(H,44,53)(H,45,54)(H,46,55)(H,47,56)(H,48,59)(H2,49,51,57)(H2,50,52,58)/t30-,31-,32-,33-,36-,37-/m0/s1. The minimum atomic E-state index is -0.743. The maximum absolute atomic E-state index is 13.2. The summed E-state index contributed by atoms with van der Waals surface area (Å²) in [6.45, 7) is 7.14. The number of anilines is 1. The van der Waals surface area contributed by atoms with Gasteiger partial charge < -0.3 is 47.3 Å². The molecule has 344 valence electrons. The van der Waals surface area contributed by atoms with Crippen LogP contribution in [-0.2, 0) is 14.3 Å². The van der Waals surface area contributed by atoms with E-state index in [2.05, 4.69) is 47.9 Å². The number of thioether (sulfide) groups is 2. The van der Waals surface area contributed by atoms with Crippen LogP contribution in [0.15, 0.2) is 18.2 Å². The molecule has 4 saturated heterocycles. The lowest BCUT2D eigenvalue weighted by atomic mass is 10.0. The summed E-state index contributed by atoms with van der Waals surface area (Å²) in [5, 5.41) is 27.1. The summed E-state index contributed by atoms with van der Waals surface area (Å²) in [5.41, 5.74) is -0.0611. The van der Waals surface area contributed by atoms with Gasteiger partial charge in [-0.1, -0.05) is 12.8 Å². The summed E-state index contributed by atoms with van der Waals surface area (Å²) in [4.78, 5) is 86.8. The van der Waals surface area contributed by atoms with Crippen LogP contribution in [0.3, 0.4) is 0 Å². The zero-order chi connectivity index (χ0) is 44.5. The van der Waals surface area contributed by atoms with Crippen LogP contribution < -0.4 is 47.9 Å². The van der Waals surface area contributed by atoms with Crippen LogP contribution in [0.2, 0.25) is 0 Å². The lowest BCUT2D eigenvalue weighted by Gasteiger charge is -2.20. The summed E-state index contributed by atoms with van der Waals surface area (Å²) >= 11 is 3.76. The van der Waals surface area contributed by atoms with Gasteiger partial charge in [-0.05, 0) is 103 Å². The van der Waals surface area contributed by atoms with Gasteiger partial charge in [0.25, 0.3) is 11.8 Å². The highest BCUT2D eigenvalue weighted by molar-refractivity contribution is 8.00. The maximum Gasteiger partial charge on any atom is 0.412 e. The smallest absolute Gasteiger partial charge is 0.412 e. The molecule has 6 atom stereocenters. The van der Waals surface area contributed by atoms with Crippen LogP contribution in [0.1, 0.15) is 131 Å². The topological polar surface area (TPSA) is 237 Å². The highest BCUT2D eigenvalue weighted by Crippen LogP contribution is 2.34. The van der Waals surface area contributed by atoms with Crippen LogP contribution in [-0.4, -0.2) is 120 Å². The fourth-order valence-electron chi connectivity index (χ4n) is 8.03. The molecule has 9 N–H and O–H groups in total. The Kier molecular flexibility index (Phi) is 19.2. The Morgan fingerprint density at radius 2 is 1.03 bits per heavy atom. The Bertz CT molecular complexity index is 1630. The van der Waals surface area contributed by atoms with Crippen molar-refractivity contribution < 1.29 is 38.3 Å². The van der Waals surface area contributed by atoms with E-state index in [1.54, 1.807) is 20.8 Å². The number of benzene rings is 1. The predicted octanol–water partition coefficient (Wildman–Crippen LogP) is 4.52. The van der Waals surface area contributed by atoms with E-state index in [0.29, 0.717) is 62.4 Å². The highest BCUT2D eigenvalue weighted by atomic mass is 32.2. The van der Waals surface area contributed by atoms with Crippen molar-refractivity contribution >= 4 is 71.0 Å². The predicted molar refractivity (Wildman–Crippen MR) is 243 cm³/mol. The number of urea groups is 2. The summed E-state index contributed by atoms with van der Waals surface area (Å²) in [5.74, 6) is 1.15. The Morgan fingerprint density at radius 3 is 1.47 bits per heavy atom. The van der Waals surface area contributed by atoms with Crippen molar-refractivity contribution in [1.29, 1.82) is 0 Å². The zero-order valence-corrected chi connectivity index (χ0v) is 38.1. The second-order valence-electron chi connectivity index (χ2n) is 17.5. The molecule has 17 nitrogen and oxygen atoms in total. The molecule has 5 rings (SSSR count). The molecule has 4 fully saturated rings. The number of carbonyl (C=O) groups excluding carboxylic acids is 7. The van der Waals surface area contributed by atoms with Gasteiger partial charge in [0.05, 0.1) is 24.2 Å². The highest BCUT2D eigenvalue weighted by Gasteiger charge is 2.43. The lowest BCUT2D eigenvalue weighted by molar-refractivity contribution is -0.122. The van der Waals surface area contributed by atoms with Gasteiger partial charge >= 0.3 is 18.2 Å². The van der Waals surface area contributed by atoms with E-state index >= 15 is 0 Å². The molecule has 4 aliphatic heterocycles. The van der Waals surface area contributed by atoms with Gasteiger partial charge in [0.2, 0.25) is 11.8 Å². The fourth-order valence-corrected chi connectivity index (χ4v) is 11.1. The van der Waals surface area contributed by atoms with Crippen molar-refractivity contribution in [1.82, 2.24) is 42.5 Å². The SMILES string of the molecule is CC(C)(C)OC(=O)Nc1cc(C(=O)NCCCCCNC(=O)CCCC[C@@H]2SC[C@@H]3NC(=O)N[C@@H]32)cc(C(=O)NCCCCCNC(=O)CCCC[C@@H]2SC[C@@H]3NC(=O)N[C@@H]32)c1. The number of amides is 9. The number of unbranched alkanes of at least 4 members (excludes halogenated alkanes) is 6. The third-order valence-electron chi connectivity index (χ3n) is 11.2. The van der Waals surface area contributed by atoms with Gasteiger partial charge in [-0.2, -0.15) is 23.5 Å². The molecule has 0 bridgehead atoms. The van der Waals surface area contributed by atoms with E-state index in [9.17, 15) is 33.6 Å². The van der Waals surface area contributed by atoms with Gasteiger partial charge in [-0.25, -0.2) is 14.4 Å². The second-order valence-corrected chi connectivity index (χ2v) is 20.0. The largest absolute Gasteiger partial charge is 0.444 e. The van der Waals surface area contributed by atoms with E-state index in [4.69, 9.17) is 4.74 Å². The zero-order valence-electron chi connectivity index (χ0n) is 36.4. The Labute approximate surface area is 373 Å². The normalized spacial score (nSPS) is 22.3. The number of hydrogen-bond donors (Lipinski definition) is 9. The minimum Gasteiger partial charge on any atom is -0.444 e. The Hall–Kier alpha value is -4.39. The molecule has 0 saturated carbocycles. The molecule has 4 heterocycles. The van der Waals surface area contributed by atoms with Crippen molar-refractivity contribution in [3.8, 4) is 0 Å². The summed E-state index contributed by atoms with van der Waals surface area (Å²) in [6, 6.07) is 5.13. The van der Waals surface area contributed by atoms with Crippen molar-refractivity contribution in [2.45, 2.75) is 151 Å². The third-order valence-corrected chi connectivity index (χ3v) is 14.2.